The molecule has 0 fully saturated rings. The van der Waals surface area contributed by atoms with E-state index in [1.807, 2.05) is 67.3 Å². The van der Waals surface area contributed by atoms with E-state index >= 15 is 0 Å². The van der Waals surface area contributed by atoms with Gasteiger partial charge in [-0.05, 0) is 47.5 Å². The highest BCUT2D eigenvalue weighted by atomic mass is 35.5. The first kappa shape index (κ1) is 30.0. The summed E-state index contributed by atoms with van der Waals surface area (Å²) < 4.78 is 16.7. The zero-order valence-corrected chi connectivity index (χ0v) is 23.9. The van der Waals surface area contributed by atoms with Crippen molar-refractivity contribution in [3.63, 3.8) is 0 Å². The molecule has 1 aromatic heterocycles. The molecule has 0 amide bonds. The zero-order chi connectivity index (χ0) is 29.2. The second kappa shape index (κ2) is 14.0. The highest BCUT2D eigenvalue weighted by Crippen LogP contribution is 2.27. The van der Waals surface area contributed by atoms with E-state index in [0.717, 1.165) is 15.7 Å². The van der Waals surface area contributed by atoms with Crippen molar-refractivity contribution in [3.05, 3.63) is 105 Å². The molecule has 0 saturated heterocycles. The molecule has 2 N–H and O–H groups in total. The van der Waals surface area contributed by atoms with Crippen LogP contribution in [0, 0.1) is 0 Å². The van der Waals surface area contributed by atoms with Gasteiger partial charge in [-0.3, -0.25) is 9.36 Å². The fourth-order valence-electron chi connectivity index (χ4n) is 4.02. The van der Waals surface area contributed by atoms with E-state index in [1.54, 1.807) is 32.4 Å². The number of carbonyl (C=O) groups is 1. The molecule has 0 aliphatic carbocycles. The minimum Gasteiger partial charge on any atom is -0.497 e. The van der Waals surface area contributed by atoms with Crippen LogP contribution in [0.5, 0.6) is 11.5 Å². The number of ether oxygens (including phenoxy) is 3. The van der Waals surface area contributed by atoms with E-state index < -0.39 is 11.5 Å². The van der Waals surface area contributed by atoms with Gasteiger partial charge in [-0.15, -0.1) is 0 Å². The average Bonchev–Trinajstić information content (AvgIpc) is 2.98. The van der Waals surface area contributed by atoms with Crippen LogP contribution in [0.3, 0.4) is 0 Å². The second-order valence-electron chi connectivity index (χ2n) is 8.34. The van der Waals surface area contributed by atoms with Gasteiger partial charge in [-0.1, -0.05) is 55.8 Å². The molecule has 1 heterocycles. The predicted molar refractivity (Wildman–Crippen MR) is 158 cm³/mol. The fraction of sp³-hybridized carbons (Fsp3) is 0.233. The average molecular weight is 565 g/mol. The first-order chi connectivity index (χ1) is 19.4. The molecule has 0 atom stereocenters. The summed E-state index contributed by atoms with van der Waals surface area (Å²) in [5, 5.41) is 0.241. The van der Waals surface area contributed by atoms with Crippen molar-refractivity contribution in [2.45, 2.75) is 26.9 Å². The van der Waals surface area contributed by atoms with Gasteiger partial charge in [0.15, 0.2) is 11.4 Å². The largest absolute Gasteiger partial charge is 0.497 e. The summed E-state index contributed by atoms with van der Waals surface area (Å²) in [4.78, 5) is 33.1. The van der Waals surface area contributed by atoms with Crippen LogP contribution in [0.4, 0.5) is 11.5 Å². The number of methoxy groups -OCH3 is 3. The van der Waals surface area contributed by atoms with Crippen LogP contribution in [0.1, 0.15) is 35.3 Å². The Morgan fingerprint density at radius 3 is 1.88 bits per heavy atom. The van der Waals surface area contributed by atoms with Crippen molar-refractivity contribution in [2.24, 2.45) is 0 Å². The maximum atomic E-state index is 13.7. The van der Waals surface area contributed by atoms with E-state index in [2.05, 4.69) is 4.98 Å². The summed E-state index contributed by atoms with van der Waals surface area (Å²) in [6.07, 6.45) is 1.32. The van der Waals surface area contributed by atoms with Crippen LogP contribution in [-0.2, 0) is 17.8 Å². The number of esters is 1. The summed E-state index contributed by atoms with van der Waals surface area (Å²) in [5.74, 6) is 0.759. The molecule has 210 valence electrons. The van der Waals surface area contributed by atoms with Crippen molar-refractivity contribution in [1.29, 1.82) is 0 Å². The van der Waals surface area contributed by atoms with E-state index in [9.17, 15) is 9.59 Å². The van der Waals surface area contributed by atoms with E-state index in [0.29, 0.717) is 24.6 Å². The van der Waals surface area contributed by atoms with Crippen LogP contribution >= 0.6 is 11.6 Å². The van der Waals surface area contributed by atoms with Crippen molar-refractivity contribution in [1.82, 2.24) is 9.55 Å². The Labute approximate surface area is 238 Å². The Kier molecular flexibility index (Phi) is 10.6. The second-order valence-corrected chi connectivity index (χ2v) is 8.75. The first-order valence-corrected chi connectivity index (χ1v) is 13.0. The smallest absolute Gasteiger partial charge is 0.347 e. The topological polar surface area (TPSA) is 109 Å². The number of aromatic nitrogens is 2. The van der Waals surface area contributed by atoms with Crippen molar-refractivity contribution < 1.29 is 19.0 Å². The van der Waals surface area contributed by atoms with Crippen molar-refractivity contribution in [3.8, 4) is 17.2 Å². The molecule has 3 aromatic carbocycles. The molecule has 0 saturated carbocycles. The zero-order valence-electron chi connectivity index (χ0n) is 23.2. The van der Waals surface area contributed by atoms with Crippen LogP contribution in [0.15, 0.2) is 77.9 Å². The van der Waals surface area contributed by atoms with E-state index in [1.165, 1.54) is 13.4 Å². The molecule has 40 heavy (non-hydrogen) atoms. The van der Waals surface area contributed by atoms with Gasteiger partial charge in [0.05, 0.1) is 37.7 Å². The van der Waals surface area contributed by atoms with Crippen LogP contribution in [0.2, 0.25) is 5.02 Å². The third-order valence-corrected chi connectivity index (χ3v) is 6.27. The van der Waals surface area contributed by atoms with Gasteiger partial charge in [0, 0.05) is 13.1 Å². The number of carbonyl (C=O) groups excluding carboxylic acids is 1. The number of hydrogen-bond acceptors (Lipinski definition) is 8. The summed E-state index contributed by atoms with van der Waals surface area (Å²) in [6, 6.07) is 19.9. The highest BCUT2D eigenvalue weighted by Gasteiger charge is 2.26. The maximum absolute atomic E-state index is 13.7. The first-order valence-electron chi connectivity index (χ1n) is 12.6. The van der Waals surface area contributed by atoms with Crippen LogP contribution in [-0.4, -0.2) is 36.8 Å². The normalized spacial score (nSPS) is 10.2. The molecule has 0 aliphatic rings. The SMILES string of the molecule is CC.COC(=O)c1c(N(Cc2ccc(OC)cc2)Cc2ccc(OC)cc2)ncn(-c2c(N)cccc2Cl)c1=O. The Morgan fingerprint density at radius 2 is 1.43 bits per heavy atom. The lowest BCUT2D eigenvalue weighted by Crippen LogP contribution is -2.33. The summed E-state index contributed by atoms with van der Waals surface area (Å²) in [6.45, 7) is 4.68. The van der Waals surface area contributed by atoms with Gasteiger partial charge in [-0.25, -0.2) is 9.78 Å². The van der Waals surface area contributed by atoms with Gasteiger partial charge < -0.3 is 24.8 Å². The molecule has 0 spiro atoms. The maximum Gasteiger partial charge on any atom is 0.347 e. The number of benzene rings is 3. The van der Waals surface area contributed by atoms with Gasteiger partial charge in [-0.2, -0.15) is 0 Å². The van der Waals surface area contributed by atoms with E-state index in [4.69, 9.17) is 31.5 Å². The quantitative estimate of drug-likeness (QED) is 0.209. The monoisotopic (exact) mass is 564 g/mol. The third-order valence-electron chi connectivity index (χ3n) is 5.96. The molecule has 0 unspecified atom stereocenters. The Bertz CT molecular complexity index is 1420. The molecule has 9 nitrogen and oxygen atoms in total. The number of halogens is 1. The molecule has 0 aliphatic heterocycles. The van der Waals surface area contributed by atoms with Gasteiger partial charge in [0.25, 0.3) is 5.56 Å². The third kappa shape index (κ3) is 6.73. The highest BCUT2D eigenvalue weighted by molar-refractivity contribution is 6.33. The fourth-order valence-corrected chi connectivity index (χ4v) is 4.29. The number of para-hydroxylation sites is 1. The van der Waals surface area contributed by atoms with Crippen molar-refractivity contribution >= 4 is 29.1 Å². The summed E-state index contributed by atoms with van der Waals surface area (Å²) in [5.41, 5.74) is 7.54. The molecule has 4 aromatic rings. The Hall–Kier alpha value is -4.50. The molecular weight excluding hydrogens is 532 g/mol. The molecular formula is C30H33ClN4O5. The summed E-state index contributed by atoms with van der Waals surface area (Å²) in [7, 11) is 4.40. The van der Waals surface area contributed by atoms with Crippen molar-refractivity contribution in [2.75, 3.05) is 32.0 Å². The summed E-state index contributed by atoms with van der Waals surface area (Å²) >= 11 is 6.35. The van der Waals surface area contributed by atoms with Gasteiger partial charge in [0.2, 0.25) is 0 Å². The minimum absolute atomic E-state index is 0.162. The Balaban J connectivity index is 0.00000216. The molecule has 4 rings (SSSR count). The standard InChI is InChI=1S/C28H27ClN4O5.C2H6/c1-36-20-11-7-18(8-12-20)15-32(16-19-9-13-21(37-2)14-10-19)26-24(28(35)38-3)27(34)33(17-31-26)25-22(29)5-4-6-23(25)30;1-2/h4-14,17H,15-16,30H2,1-3H3;1-2H3. The van der Waals surface area contributed by atoms with Gasteiger partial charge in [0.1, 0.15) is 17.8 Å². The predicted octanol–water partition coefficient (Wildman–Crippen LogP) is 5.50. The number of anilines is 2. The number of nitrogens with zero attached hydrogens (tertiary/aromatic N) is 3. The van der Waals surface area contributed by atoms with Gasteiger partial charge >= 0.3 is 5.97 Å². The molecule has 0 radical (unpaired) electrons. The lowest BCUT2D eigenvalue weighted by atomic mass is 10.1. The number of rotatable bonds is 9. The molecule has 10 heteroatoms. The number of nitrogen functional groups attached to an aromatic ring is 1. The Morgan fingerprint density at radius 1 is 0.900 bits per heavy atom. The van der Waals surface area contributed by atoms with Crippen LogP contribution in [0.25, 0.3) is 5.69 Å². The molecule has 0 bridgehead atoms. The van der Waals surface area contributed by atoms with E-state index in [-0.39, 0.29) is 27.8 Å². The number of nitrogens with two attached hydrogens (primary N) is 1. The van der Waals surface area contributed by atoms with Crippen LogP contribution < -0.4 is 25.7 Å². The number of hydrogen-bond donors (Lipinski definition) is 1. The minimum atomic E-state index is -0.827. The lowest BCUT2D eigenvalue weighted by molar-refractivity contribution is 0.0598. The lowest BCUT2D eigenvalue weighted by Gasteiger charge is -2.26.